The number of hydrogen-bond acceptors (Lipinski definition) is 4. The molecule has 1 aliphatic carbocycles. The van der Waals surface area contributed by atoms with Crippen molar-refractivity contribution >= 4 is 18.7 Å². The van der Waals surface area contributed by atoms with Gasteiger partial charge in [-0.15, -0.1) is 0 Å². The van der Waals surface area contributed by atoms with E-state index in [1.165, 1.54) is 10.4 Å². The summed E-state index contributed by atoms with van der Waals surface area (Å²) in [4.78, 5) is 0. The molecule has 188 valence electrons. The van der Waals surface area contributed by atoms with Gasteiger partial charge in [0.05, 0.1) is 25.4 Å². The first-order valence-corrected chi connectivity index (χ1v) is 14.8. The van der Waals surface area contributed by atoms with Crippen LogP contribution >= 0.6 is 0 Å². The molecule has 1 fully saturated rings. The summed E-state index contributed by atoms with van der Waals surface area (Å²) in [7, 11) is -2.62. The molecular formula is C29H44O4Si. The van der Waals surface area contributed by atoms with E-state index in [1.807, 2.05) is 0 Å². The molecule has 5 heteroatoms. The van der Waals surface area contributed by atoms with E-state index in [0.29, 0.717) is 32.2 Å². The van der Waals surface area contributed by atoms with Crippen LogP contribution < -0.4 is 10.4 Å². The second-order valence-corrected chi connectivity index (χ2v) is 15.4. The van der Waals surface area contributed by atoms with Crippen molar-refractivity contribution in [2.45, 2.75) is 83.7 Å². The van der Waals surface area contributed by atoms with Gasteiger partial charge >= 0.3 is 0 Å². The Morgan fingerprint density at radius 1 is 0.882 bits per heavy atom. The smallest absolute Gasteiger partial charge is 0.261 e. The van der Waals surface area contributed by atoms with Crippen LogP contribution in [0.15, 0.2) is 60.7 Å². The van der Waals surface area contributed by atoms with Gasteiger partial charge in [0.1, 0.15) is 6.10 Å². The number of rotatable bonds is 11. The maximum atomic E-state index is 10.0. The van der Waals surface area contributed by atoms with Gasteiger partial charge in [0, 0.05) is 6.61 Å². The Hall–Kier alpha value is -1.50. The SMILES string of the molecule is CC(C)COC(CO[C@@H]1CCC[C@H](O)C1)CO[Si](c1ccccc1)(c1ccccc1)C(C)(C)C. The van der Waals surface area contributed by atoms with E-state index in [0.717, 1.165) is 19.3 Å². The van der Waals surface area contributed by atoms with Crippen LogP contribution in [0.3, 0.4) is 0 Å². The van der Waals surface area contributed by atoms with Crippen LogP contribution in [0, 0.1) is 5.92 Å². The first kappa shape index (κ1) is 27.1. The predicted molar refractivity (Wildman–Crippen MR) is 142 cm³/mol. The number of hydrogen-bond donors (Lipinski definition) is 1. The third-order valence-corrected chi connectivity index (χ3v) is 11.7. The van der Waals surface area contributed by atoms with Crippen molar-refractivity contribution in [1.29, 1.82) is 0 Å². The predicted octanol–water partition coefficient (Wildman–Crippen LogP) is 4.92. The second-order valence-electron chi connectivity index (χ2n) is 11.1. The minimum absolute atomic E-state index is 0.0767. The van der Waals surface area contributed by atoms with Gasteiger partial charge in [0.25, 0.3) is 8.32 Å². The van der Waals surface area contributed by atoms with Gasteiger partial charge < -0.3 is 19.0 Å². The van der Waals surface area contributed by atoms with Crippen molar-refractivity contribution in [3.8, 4) is 0 Å². The van der Waals surface area contributed by atoms with Crippen molar-refractivity contribution in [2.24, 2.45) is 5.92 Å². The van der Waals surface area contributed by atoms with Crippen LogP contribution in [0.5, 0.6) is 0 Å². The first-order valence-electron chi connectivity index (χ1n) is 12.9. The molecule has 0 radical (unpaired) electrons. The number of aliphatic hydroxyl groups is 1. The monoisotopic (exact) mass is 484 g/mol. The van der Waals surface area contributed by atoms with Gasteiger partial charge in [-0.05, 0) is 47.0 Å². The highest BCUT2D eigenvalue weighted by Gasteiger charge is 2.50. The summed E-state index contributed by atoms with van der Waals surface area (Å²) in [6.07, 6.45) is 3.31. The Morgan fingerprint density at radius 2 is 1.47 bits per heavy atom. The lowest BCUT2D eigenvalue weighted by Gasteiger charge is -2.43. The van der Waals surface area contributed by atoms with Crippen molar-refractivity contribution in [3.63, 3.8) is 0 Å². The molecule has 1 N–H and O–H groups in total. The van der Waals surface area contributed by atoms with E-state index < -0.39 is 8.32 Å². The zero-order chi connectivity index (χ0) is 24.6. The van der Waals surface area contributed by atoms with E-state index in [2.05, 4.69) is 95.3 Å². The highest BCUT2D eigenvalue weighted by Crippen LogP contribution is 2.37. The fourth-order valence-electron chi connectivity index (χ4n) is 4.97. The second kappa shape index (κ2) is 12.5. The lowest BCUT2D eigenvalue weighted by molar-refractivity contribution is -0.0844. The Labute approximate surface area is 207 Å². The molecule has 0 bridgehead atoms. The molecule has 0 aromatic heterocycles. The Balaban J connectivity index is 1.85. The van der Waals surface area contributed by atoms with Crippen LogP contribution in [-0.2, 0) is 13.9 Å². The van der Waals surface area contributed by atoms with Crippen molar-refractivity contribution in [3.05, 3.63) is 60.7 Å². The minimum Gasteiger partial charge on any atom is -0.405 e. The third-order valence-electron chi connectivity index (χ3n) is 6.68. The van der Waals surface area contributed by atoms with E-state index in [-0.39, 0.29) is 23.4 Å². The summed E-state index contributed by atoms with van der Waals surface area (Å²) >= 11 is 0. The highest BCUT2D eigenvalue weighted by atomic mass is 28.4. The molecule has 0 amide bonds. The molecule has 1 unspecified atom stereocenters. The van der Waals surface area contributed by atoms with Crippen LogP contribution in [0.4, 0.5) is 0 Å². The summed E-state index contributed by atoms with van der Waals surface area (Å²) in [6.45, 7) is 12.9. The molecule has 0 saturated heterocycles. The summed E-state index contributed by atoms with van der Waals surface area (Å²) in [6, 6.07) is 21.4. The maximum Gasteiger partial charge on any atom is 0.261 e. The maximum absolute atomic E-state index is 10.0. The Kier molecular flexibility index (Phi) is 9.92. The molecule has 0 aliphatic heterocycles. The van der Waals surface area contributed by atoms with Crippen molar-refractivity contribution in [2.75, 3.05) is 19.8 Å². The molecule has 3 rings (SSSR count). The van der Waals surface area contributed by atoms with E-state index in [1.54, 1.807) is 0 Å². The van der Waals surface area contributed by atoms with E-state index in [4.69, 9.17) is 13.9 Å². The van der Waals surface area contributed by atoms with Gasteiger partial charge in [-0.2, -0.15) is 0 Å². The topological polar surface area (TPSA) is 47.9 Å². The lowest BCUT2D eigenvalue weighted by atomic mass is 9.95. The minimum atomic E-state index is -2.62. The van der Waals surface area contributed by atoms with Crippen LogP contribution in [0.2, 0.25) is 5.04 Å². The molecule has 1 saturated carbocycles. The van der Waals surface area contributed by atoms with Gasteiger partial charge in [-0.3, -0.25) is 0 Å². The fraction of sp³-hybridized carbons (Fsp3) is 0.586. The molecule has 3 atom stereocenters. The van der Waals surface area contributed by atoms with Gasteiger partial charge in [0.2, 0.25) is 0 Å². The van der Waals surface area contributed by atoms with Gasteiger partial charge in [0.15, 0.2) is 0 Å². The standard InChI is InChI=1S/C29H44O4Si/c1-23(2)20-31-26(21-32-25-14-12-13-24(30)19-25)22-33-34(29(3,4)5,27-15-8-6-9-16-27)28-17-10-7-11-18-28/h6-11,15-18,23-26,30H,12-14,19-22H2,1-5H3/t24-,25+,26?/m0/s1. The molecule has 0 spiro atoms. The molecule has 2 aromatic carbocycles. The van der Waals surface area contributed by atoms with Crippen LogP contribution in [-0.4, -0.2) is 51.6 Å². The largest absolute Gasteiger partial charge is 0.405 e. The van der Waals surface area contributed by atoms with Crippen molar-refractivity contribution in [1.82, 2.24) is 0 Å². The summed E-state index contributed by atoms with van der Waals surface area (Å²) in [5.41, 5.74) is 0. The molecule has 1 aliphatic rings. The zero-order valence-corrected chi connectivity index (χ0v) is 22.7. The molecule has 34 heavy (non-hydrogen) atoms. The zero-order valence-electron chi connectivity index (χ0n) is 21.7. The quantitative estimate of drug-likeness (QED) is 0.460. The third kappa shape index (κ3) is 7.02. The molecule has 2 aromatic rings. The van der Waals surface area contributed by atoms with E-state index in [9.17, 15) is 5.11 Å². The van der Waals surface area contributed by atoms with Gasteiger partial charge in [-0.25, -0.2) is 0 Å². The average Bonchev–Trinajstić information content (AvgIpc) is 2.81. The molecule has 0 heterocycles. The van der Waals surface area contributed by atoms with Crippen molar-refractivity contribution < 1.29 is 19.0 Å². The lowest BCUT2D eigenvalue weighted by Crippen LogP contribution is -2.67. The Bertz CT molecular complexity index is 795. The Morgan fingerprint density at radius 3 is 1.97 bits per heavy atom. The normalized spacial score (nSPS) is 20.4. The first-order chi connectivity index (χ1) is 16.2. The molecular weight excluding hydrogens is 440 g/mol. The van der Waals surface area contributed by atoms with Crippen LogP contribution in [0.25, 0.3) is 0 Å². The van der Waals surface area contributed by atoms with Gasteiger partial charge in [-0.1, -0.05) is 95.3 Å². The summed E-state index contributed by atoms with van der Waals surface area (Å²) in [5.74, 6) is 0.437. The van der Waals surface area contributed by atoms with Crippen LogP contribution in [0.1, 0.15) is 60.3 Å². The number of benzene rings is 2. The number of ether oxygens (including phenoxy) is 2. The number of aliphatic hydroxyl groups excluding tert-OH is 1. The summed E-state index contributed by atoms with van der Waals surface area (Å²) in [5, 5.41) is 12.5. The highest BCUT2D eigenvalue weighted by molar-refractivity contribution is 6.99. The molecule has 4 nitrogen and oxygen atoms in total. The average molecular weight is 485 g/mol. The fourth-order valence-corrected chi connectivity index (χ4v) is 9.56. The van der Waals surface area contributed by atoms with E-state index >= 15 is 0 Å². The summed E-state index contributed by atoms with van der Waals surface area (Å²) < 4.78 is 19.7.